The van der Waals surface area contributed by atoms with Crippen molar-refractivity contribution in [2.24, 2.45) is 5.73 Å². The maximum absolute atomic E-state index is 12.0. The van der Waals surface area contributed by atoms with Crippen molar-refractivity contribution in [2.45, 2.75) is 13.5 Å². The molecule has 0 spiro atoms. The minimum Gasteiger partial charge on any atom is -0.369 e. The molecule has 0 aliphatic rings. The summed E-state index contributed by atoms with van der Waals surface area (Å²) in [6.45, 7) is 2.50. The van der Waals surface area contributed by atoms with Gasteiger partial charge in [0, 0.05) is 22.6 Å². The summed E-state index contributed by atoms with van der Waals surface area (Å²) in [5.74, 6) is -0.401. The Hall–Kier alpha value is -2.16. The number of halogens is 1. The lowest BCUT2D eigenvalue weighted by atomic mass is 10.2. The Labute approximate surface area is 148 Å². The lowest BCUT2D eigenvalue weighted by Crippen LogP contribution is -2.30. The molecule has 1 heterocycles. The number of primary amides is 1. The van der Waals surface area contributed by atoms with Crippen LogP contribution in [0.1, 0.15) is 11.3 Å². The van der Waals surface area contributed by atoms with E-state index in [0.717, 1.165) is 11.3 Å². The van der Waals surface area contributed by atoms with Crippen LogP contribution in [-0.4, -0.2) is 35.4 Å². The van der Waals surface area contributed by atoms with Gasteiger partial charge in [0.05, 0.1) is 12.2 Å². The molecule has 3 amide bonds. The summed E-state index contributed by atoms with van der Waals surface area (Å²) >= 11 is 7.33. The van der Waals surface area contributed by atoms with E-state index >= 15 is 0 Å². The van der Waals surface area contributed by atoms with Crippen LogP contribution < -0.4 is 16.4 Å². The molecule has 4 N–H and O–H groups in total. The minimum atomic E-state index is -0.402. The predicted molar refractivity (Wildman–Crippen MR) is 96.5 cm³/mol. The van der Waals surface area contributed by atoms with Crippen LogP contribution in [0.4, 0.5) is 15.6 Å². The van der Waals surface area contributed by atoms with E-state index in [1.54, 1.807) is 24.1 Å². The van der Waals surface area contributed by atoms with E-state index in [1.807, 2.05) is 18.4 Å². The number of anilines is 2. The molecule has 2 aromatic rings. The van der Waals surface area contributed by atoms with Crippen molar-refractivity contribution in [3.63, 3.8) is 0 Å². The molecule has 0 saturated carbocycles. The number of likely N-dealkylation sites (N-methyl/N-ethyl adjacent to an activating group) is 1. The third-order valence-electron chi connectivity index (χ3n) is 3.06. The van der Waals surface area contributed by atoms with Gasteiger partial charge in [-0.15, -0.1) is 11.3 Å². The highest BCUT2D eigenvalue weighted by Gasteiger charge is 2.10. The summed E-state index contributed by atoms with van der Waals surface area (Å²) in [6, 6.07) is 4.88. The highest BCUT2D eigenvalue weighted by Crippen LogP contribution is 2.21. The fourth-order valence-corrected chi connectivity index (χ4v) is 2.84. The highest BCUT2D eigenvalue weighted by molar-refractivity contribution is 7.13. The minimum absolute atomic E-state index is 0.148. The number of carbonyl (C=O) groups is 2. The van der Waals surface area contributed by atoms with Gasteiger partial charge in [0.2, 0.25) is 5.91 Å². The number of benzene rings is 1. The lowest BCUT2D eigenvalue weighted by Gasteiger charge is -2.12. The number of nitrogens with one attached hydrogen (secondary N) is 2. The van der Waals surface area contributed by atoms with Crippen molar-refractivity contribution in [2.75, 3.05) is 24.2 Å². The third-order valence-corrected chi connectivity index (χ3v) is 4.27. The number of nitrogens with zero attached hydrogens (tertiary/aromatic N) is 2. The largest absolute Gasteiger partial charge is 0.369 e. The van der Waals surface area contributed by atoms with Gasteiger partial charge in [0.15, 0.2) is 5.13 Å². The van der Waals surface area contributed by atoms with Crippen LogP contribution in [-0.2, 0) is 11.3 Å². The average molecular weight is 368 g/mol. The van der Waals surface area contributed by atoms with E-state index in [4.69, 9.17) is 17.3 Å². The molecular weight excluding hydrogens is 350 g/mol. The van der Waals surface area contributed by atoms with Crippen LogP contribution in [0, 0.1) is 6.92 Å². The van der Waals surface area contributed by atoms with Crippen LogP contribution in [0.15, 0.2) is 23.6 Å². The van der Waals surface area contributed by atoms with E-state index in [9.17, 15) is 9.59 Å². The topological polar surface area (TPSA) is 100 Å². The lowest BCUT2D eigenvalue weighted by molar-refractivity contribution is -0.118. The molecule has 0 atom stereocenters. The van der Waals surface area contributed by atoms with Gasteiger partial charge in [0.25, 0.3) is 0 Å². The van der Waals surface area contributed by atoms with Crippen LogP contribution in [0.5, 0.6) is 0 Å². The van der Waals surface area contributed by atoms with E-state index < -0.39 is 11.9 Å². The van der Waals surface area contributed by atoms with Crippen LogP contribution in [0.25, 0.3) is 0 Å². The van der Waals surface area contributed by atoms with Crippen molar-refractivity contribution in [1.82, 2.24) is 9.88 Å². The zero-order valence-electron chi connectivity index (χ0n) is 13.3. The van der Waals surface area contributed by atoms with Gasteiger partial charge in [-0.2, -0.15) is 0 Å². The molecule has 1 aromatic carbocycles. The number of amides is 3. The van der Waals surface area contributed by atoms with Crippen LogP contribution in [0.2, 0.25) is 5.02 Å². The SMILES string of the molecule is Cc1ccc(NC(=O)Nc2nc(CN(C)CC(N)=O)cs2)cc1Cl. The second-order valence-electron chi connectivity index (χ2n) is 5.33. The monoisotopic (exact) mass is 367 g/mol. The van der Waals surface area contributed by atoms with Crippen LogP contribution in [0.3, 0.4) is 0 Å². The summed E-state index contributed by atoms with van der Waals surface area (Å²) in [5.41, 5.74) is 7.42. The fraction of sp³-hybridized carbons (Fsp3) is 0.267. The zero-order valence-corrected chi connectivity index (χ0v) is 14.9. The van der Waals surface area contributed by atoms with Gasteiger partial charge in [0.1, 0.15) is 0 Å². The zero-order chi connectivity index (χ0) is 17.7. The van der Waals surface area contributed by atoms with Crippen molar-refractivity contribution < 1.29 is 9.59 Å². The van der Waals surface area contributed by atoms with Gasteiger partial charge >= 0.3 is 6.03 Å². The molecule has 128 valence electrons. The molecule has 0 fully saturated rings. The smallest absolute Gasteiger partial charge is 0.325 e. The van der Waals surface area contributed by atoms with Gasteiger partial charge in [-0.05, 0) is 31.7 Å². The number of aromatic nitrogens is 1. The fourth-order valence-electron chi connectivity index (χ4n) is 1.97. The summed E-state index contributed by atoms with van der Waals surface area (Å²) in [7, 11) is 1.77. The molecule has 0 bridgehead atoms. The molecular formula is C15H18ClN5O2S. The van der Waals surface area contributed by atoms with Crippen molar-refractivity contribution in [3.05, 3.63) is 39.9 Å². The number of hydrogen-bond acceptors (Lipinski definition) is 5. The number of aryl methyl sites for hydroxylation is 1. The second kappa shape index (κ2) is 8.09. The molecule has 24 heavy (non-hydrogen) atoms. The molecule has 0 aliphatic heterocycles. The Balaban J connectivity index is 1.90. The highest BCUT2D eigenvalue weighted by atomic mass is 35.5. The standard InChI is InChI=1S/C15H18ClN5O2S/c1-9-3-4-10(5-12(9)16)18-14(23)20-15-19-11(8-24-15)6-21(2)7-13(17)22/h3-5,8H,6-7H2,1-2H3,(H2,17,22)(H2,18,19,20,23). The Morgan fingerprint density at radius 2 is 2.12 bits per heavy atom. The summed E-state index contributed by atoms with van der Waals surface area (Å²) < 4.78 is 0. The Bertz CT molecular complexity index is 749. The quantitative estimate of drug-likeness (QED) is 0.730. The number of urea groups is 1. The normalized spacial score (nSPS) is 10.7. The first-order valence-corrected chi connectivity index (χ1v) is 8.34. The first kappa shape index (κ1) is 18.2. The predicted octanol–water partition coefficient (Wildman–Crippen LogP) is 2.67. The second-order valence-corrected chi connectivity index (χ2v) is 6.59. The first-order chi connectivity index (χ1) is 11.3. The van der Waals surface area contributed by atoms with E-state index in [1.165, 1.54) is 11.3 Å². The molecule has 0 radical (unpaired) electrons. The molecule has 9 heteroatoms. The number of rotatable bonds is 6. The summed E-state index contributed by atoms with van der Waals surface area (Å²) in [4.78, 5) is 28.9. The van der Waals surface area contributed by atoms with Crippen molar-refractivity contribution in [1.29, 1.82) is 0 Å². The maximum atomic E-state index is 12.0. The Morgan fingerprint density at radius 3 is 2.79 bits per heavy atom. The van der Waals surface area contributed by atoms with Crippen molar-refractivity contribution >= 4 is 45.7 Å². The van der Waals surface area contributed by atoms with Gasteiger partial charge in [-0.25, -0.2) is 9.78 Å². The van der Waals surface area contributed by atoms with Gasteiger partial charge < -0.3 is 11.1 Å². The first-order valence-electron chi connectivity index (χ1n) is 7.09. The maximum Gasteiger partial charge on any atom is 0.325 e. The molecule has 7 nitrogen and oxygen atoms in total. The molecule has 0 saturated heterocycles. The number of thiazole rings is 1. The van der Waals surface area contributed by atoms with Gasteiger partial charge in [-0.1, -0.05) is 17.7 Å². The van der Waals surface area contributed by atoms with E-state index in [2.05, 4.69) is 15.6 Å². The number of carbonyl (C=O) groups excluding carboxylic acids is 2. The molecule has 0 unspecified atom stereocenters. The molecule has 1 aromatic heterocycles. The molecule has 2 rings (SSSR count). The van der Waals surface area contributed by atoms with E-state index in [0.29, 0.717) is 22.4 Å². The number of nitrogens with two attached hydrogens (primary N) is 1. The Morgan fingerprint density at radius 1 is 1.38 bits per heavy atom. The average Bonchev–Trinajstić information content (AvgIpc) is 2.88. The van der Waals surface area contributed by atoms with Crippen LogP contribution >= 0.6 is 22.9 Å². The van der Waals surface area contributed by atoms with Gasteiger partial charge in [-0.3, -0.25) is 15.0 Å². The third kappa shape index (κ3) is 5.48. The van der Waals surface area contributed by atoms with Crippen molar-refractivity contribution in [3.8, 4) is 0 Å². The summed E-state index contributed by atoms with van der Waals surface area (Å²) in [5, 5.41) is 8.22. The van der Waals surface area contributed by atoms with E-state index in [-0.39, 0.29) is 6.54 Å². The molecule has 0 aliphatic carbocycles. The number of hydrogen-bond donors (Lipinski definition) is 3. The Kier molecular flexibility index (Phi) is 6.13. The summed E-state index contributed by atoms with van der Waals surface area (Å²) in [6.07, 6.45) is 0.